The molecule has 1 aliphatic rings. The van der Waals surface area contributed by atoms with E-state index >= 15 is 0 Å². The summed E-state index contributed by atoms with van der Waals surface area (Å²) in [5.41, 5.74) is 0.953. The summed E-state index contributed by atoms with van der Waals surface area (Å²) in [7, 11) is 0. The van der Waals surface area contributed by atoms with Crippen LogP contribution in [-0.2, 0) is 6.54 Å². The van der Waals surface area contributed by atoms with Crippen molar-refractivity contribution in [2.45, 2.75) is 32.4 Å². The van der Waals surface area contributed by atoms with Crippen LogP contribution in [0.1, 0.15) is 23.5 Å². The Morgan fingerprint density at radius 2 is 2.42 bits per heavy atom. The van der Waals surface area contributed by atoms with Crippen LogP contribution in [0.5, 0.6) is 0 Å². The van der Waals surface area contributed by atoms with E-state index in [-0.39, 0.29) is 0 Å². The van der Waals surface area contributed by atoms with Crippen molar-refractivity contribution in [2.75, 3.05) is 0 Å². The highest BCUT2D eigenvalue weighted by atomic mass is 35.5. The highest BCUT2D eigenvalue weighted by molar-refractivity contribution is 7.16. The molecule has 1 aliphatic carbocycles. The van der Waals surface area contributed by atoms with Gasteiger partial charge in [0.2, 0.25) is 0 Å². The van der Waals surface area contributed by atoms with Gasteiger partial charge < -0.3 is 5.32 Å². The maximum Gasteiger partial charge on any atom is 0.116 e. The first-order valence-corrected chi connectivity index (χ1v) is 5.30. The molecule has 2 rings (SSSR count). The van der Waals surface area contributed by atoms with Crippen LogP contribution in [-0.4, -0.2) is 11.0 Å². The van der Waals surface area contributed by atoms with E-state index in [0.29, 0.717) is 0 Å². The van der Waals surface area contributed by atoms with Crippen molar-refractivity contribution in [1.82, 2.24) is 10.3 Å². The zero-order valence-electron chi connectivity index (χ0n) is 6.93. The van der Waals surface area contributed by atoms with Gasteiger partial charge in [0, 0.05) is 12.6 Å². The van der Waals surface area contributed by atoms with Gasteiger partial charge in [-0.05, 0) is 19.8 Å². The molecule has 0 saturated heterocycles. The minimum Gasteiger partial charge on any atom is -0.308 e. The topological polar surface area (TPSA) is 24.9 Å². The molecule has 0 aliphatic heterocycles. The molecule has 1 N–H and O–H groups in total. The maximum absolute atomic E-state index is 5.89. The van der Waals surface area contributed by atoms with Gasteiger partial charge in [0.1, 0.15) is 9.34 Å². The summed E-state index contributed by atoms with van der Waals surface area (Å²) >= 11 is 7.46. The molecule has 1 fully saturated rings. The number of aryl methyl sites for hydroxylation is 1. The van der Waals surface area contributed by atoms with E-state index in [2.05, 4.69) is 10.3 Å². The Kier molecular flexibility index (Phi) is 2.35. The summed E-state index contributed by atoms with van der Waals surface area (Å²) < 4.78 is 0.822. The van der Waals surface area contributed by atoms with Crippen molar-refractivity contribution in [3.05, 3.63) is 15.0 Å². The van der Waals surface area contributed by atoms with Gasteiger partial charge in [-0.1, -0.05) is 11.6 Å². The fourth-order valence-electron chi connectivity index (χ4n) is 1.03. The molecule has 0 aromatic carbocycles. The van der Waals surface area contributed by atoms with E-state index in [4.69, 9.17) is 11.6 Å². The Labute approximate surface area is 81.0 Å². The third-order valence-corrected chi connectivity index (χ3v) is 3.35. The van der Waals surface area contributed by atoms with E-state index in [9.17, 15) is 0 Å². The van der Waals surface area contributed by atoms with Gasteiger partial charge in [-0.15, -0.1) is 11.3 Å². The van der Waals surface area contributed by atoms with Crippen LogP contribution in [0.25, 0.3) is 0 Å². The van der Waals surface area contributed by atoms with Gasteiger partial charge >= 0.3 is 0 Å². The van der Waals surface area contributed by atoms with Crippen LogP contribution in [0.2, 0.25) is 4.34 Å². The molecule has 1 aromatic rings. The summed E-state index contributed by atoms with van der Waals surface area (Å²) in [5, 5.41) is 4.50. The maximum atomic E-state index is 5.89. The minimum atomic E-state index is 0.744. The molecule has 0 radical (unpaired) electrons. The van der Waals surface area contributed by atoms with E-state index in [1.54, 1.807) is 11.3 Å². The first-order valence-electron chi connectivity index (χ1n) is 4.11. The highest BCUT2D eigenvalue weighted by Crippen LogP contribution is 2.24. The predicted octanol–water partition coefficient (Wildman–Crippen LogP) is 2.36. The highest BCUT2D eigenvalue weighted by Gasteiger charge is 2.20. The summed E-state index contributed by atoms with van der Waals surface area (Å²) in [5.74, 6) is 0. The smallest absolute Gasteiger partial charge is 0.116 e. The van der Waals surface area contributed by atoms with Gasteiger partial charge in [0.25, 0.3) is 0 Å². The number of hydrogen-bond acceptors (Lipinski definition) is 3. The standard InChI is InChI=1S/C8H11ClN2S/c1-5-8(9)12-7(11-5)4-10-6-2-3-6/h6,10H,2-4H2,1H3. The summed E-state index contributed by atoms with van der Waals surface area (Å²) in [6, 6.07) is 0.744. The van der Waals surface area contributed by atoms with Crippen molar-refractivity contribution in [2.24, 2.45) is 0 Å². The molecule has 4 heteroatoms. The minimum absolute atomic E-state index is 0.744. The van der Waals surface area contributed by atoms with Crippen molar-refractivity contribution in [3.63, 3.8) is 0 Å². The Morgan fingerprint density at radius 3 is 2.92 bits per heavy atom. The Balaban J connectivity index is 1.93. The van der Waals surface area contributed by atoms with Gasteiger partial charge in [0.05, 0.1) is 5.69 Å². The average molecular weight is 203 g/mol. The number of hydrogen-bond donors (Lipinski definition) is 1. The quantitative estimate of drug-likeness (QED) is 0.814. The Hall–Kier alpha value is -0.120. The monoisotopic (exact) mass is 202 g/mol. The fraction of sp³-hybridized carbons (Fsp3) is 0.625. The molecule has 0 bridgehead atoms. The van der Waals surface area contributed by atoms with Crippen LogP contribution < -0.4 is 5.32 Å². The van der Waals surface area contributed by atoms with E-state index in [1.807, 2.05) is 6.92 Å². The number of aromatic nitrogens is 1. The van der Waals surface area contributed by atoms with Crippen LogP contribution >= 0.6 is 22.9 Å². The Morgan fingerprint density at radius 1 is 1.67 bits per heavy atom. The first kappa shape index (κ1) is 8.48. The number of rotatable bonds is 3. The zero-order valence-corrected chi connectivity index (χ0v) is 8.50. The van der Waals surface area contributed by atoms with E-state index in [1.165, 1.54) is 12.8 Å². The van der Waals surface area contributed by atoms with Gasteiger partial charge in [-0.25, -0.2) is 4.98 Å². The number of nitrogens with one attached hydrogen (secondary N) is 1. The predicted molar refractivity (Wildman–Crippen MR) is 51.7 cm³/mol. The zero-order chi connectivity index (χ0) is 8.55. The summed E-state index contributed by atoms with van der Waals surface area (Å²) in [4.78, 5) is 4.33. The fourth-order valence-corrected chi connectivity index (χ4v) is 2.07. The molecule has 1 saturated carbocycles. The molecule has 0 amide bonds. The SMILES string of the molecule is Cc1nc(CNC2CC2)sc1Cl. The average Bonchev–Trinajstić information content (AvgIpc) is 2.78. The molecule has 0 unspecified atom stereocenters. The lowest BCUT2D eigenvalue weighted by molar-refractivity contribution is 0.683. The lowest BCUT2D eigenvalue weighted by Gasteiger charge is -1.96. The second kappa shape index (κ2) is 3.32. The number of nitrogens with zero attached hydrogens (tertiary/aromatic N) is 1. The normalized spacial score (nSPS) is 16.8. The second-order valence-corrected chi connectivity index (χ2v) is 4.81. The molecule has 66 valence electrons. The van der Waals surface area contributed by atoms with Crippen molar-refractivity contribution in [3.8, 4) is 0 Å². The second-order valence-electron chi connectivity index (χ2n) is 3.12. The Bertz CT molecular complexity index is 261. The number of halogens is 1. The molecule has 12 heavy (non-hydrogen) atoms. The van der Waals surface area contributed by atoms with Crippen LogP contribution in [0.4, 0.5) is 0 Å². The molecule has 0 atom stereocenters. The molecular formula is C8H11ClN2S. The summed E-state index contributed by atoms with van der Waals surface area (Å²) in [6.07, 6.45) is 2.64. The van der Waals surface area contributed by atoms with Crippen molar-refractivity contribution >= 4 is 22.9 Å². The lowest BCUT2D eigenvalue weighted by Crippen LogP contribution is -2.14. The van der Waals surface area contributed by atoms with Crippen molar-refractivity contribution < 1.29 is 0 Å². The van der Waals surface area contributed by atoms with E-state index in [0.717, 1.165) is 27.6 Å². The third kappa shape index (κ3) is 1.97. The molecule has 2 nitrogen and oxygen atoms in total. The molecule has 0 spiro atoms. The summed E-state index contributed by atoms with van der Waals surface area (Å²) in [6.45, 7) is 2.82. The molecule has 1 heterocycles. The van der Waals surface area contributed by atoms with Gasteiger partial charge in [-0.3, -0.25) is 0 Å². The van der Waals surface area contributed by atoms with Crippen LogP contribution in [0.15, 0.2) is 0 Å². The van der Waals surface area contributed by atoms with Crippen LogP contribution in [0.3, 0.4) is 0 Å². The largest absolute Gasteiger partial charge is 0.308 e. The van der Waals surface area contributed by atoms with Crippen LogP contribution in [0, 0.1) is 6.92 Å². The third-order valence-electron chi connectivity index (χ3n) is 1.90. The number of thiazole rings is 1. The van der Waals surface area contributed by atoms with Gasteiger partial charge in [-0.2, -0.15) is 0 Å². The first-order chi connectivity index (χ1) is 5.75. The molecule has 1 aromatic heterocycles. The molecular weight excluding hydrogens is 192 g/mol. The van der Waals surface area contributed by atoms with E-state index < -0.39 is 0 Å². The van der Waals surface area contributed by atoms with Gasteiger partial charge in [0.15, 0.2) is 0 Å². The van der Waals surface area contributed by atoms with Crippen molar-refractivity contribution in [1.29, 1.82) is 0 Å². The lowest BCUT2D eigenvalue weighted by atomic mass is 10.5.